The summed E-state index contributed by atoms with van der Waals surface area (Å²) in [6.45, 7) is 6.78. The molecule has 1 unspecified atom stereocenters. The molecule has 2 aromatic rings. The molecule has 2 aliphatic heterocycles. The minimum Gasteiger partial charge on any atom is -0.497 e. The van der Waals surface area contributed by atoms with Crippen molar-refractivity contribution in [2.45, 2.75) is 90.4 Å². The molecule has 2 heterocycles. The van der Waals surface area contributed by atoms with Gasteiger partial charge in [0.15, 0.2) is 0 Å². The number of carbonyl (C=O) groups excluding carboxylic acids is 5. The molecule has 5 amide bonds. The van der Waals surface area contributed by atoms with Gasteiger partial charge in [-0.15, -0.1) is 0 Å². The number of fused-ring (bicyclic) bond motifs is 18. The van der Waals surface area contributed by atoms with Crippen LogP contribution in [0.2, 0.25) is 0 Å². The van der Waals surface area contributed by atoms with Crippen molar-refractivity contribution in [2.75, 3.05) is 20.2 Å². The Morgan fingerprint density at radius 3 is 2.21 bits per heavy atom. The van der Waals surface area contributed by atoms with Gasteiger partial charge in [-0.3, -0.25) is 24.0 Å². The fraction of sp³-hybridized carbons (Fsp3) is 0.528. The smallest absolute Gasteiger partial charge is 0.251 e. The fourth-order valence-electron chi connectivity index (χ4n) is 5.73. The summed E-state index contributed by atoms with van der Waals surface area (Å²) >= 11 is 0. The molecule has 4 N–H and O–H groups in total. The number of hydrogen-bond donors (Lipinski definition) is 4. The molecule has 3 aliphatic rings. The summed E-state index contributed by atoms with van der Waals surface area (Å²) in [7, 11) is 1.56. The Bertz CT molecular complexity index is 1390. The second-order valence-corrected chi connectivity index (χ2v) is 12.8. The fourth-order valence-corrected chi connectivity index (χ4v) is 5.73. The third kappa shape index (κ3) is 9.79. The van der Waals surface area contributed by atoms with Crippen LogP contribution in [0.1, 0.15) is 80.8 Å². The van der Waals surface area contributed by atoms with Gasteiger partial charge >= 0.3 is 0 Å². The first kappa shape index (κ1) is 35.4. The van der Waals surface area contributed by atoms with E-state index >= 15 is 0 Å². The zero-order valence-electron chi connectivity index (χ0n) is 28.0. The van der Waals surface area contributed by atoms with E-state index in [-0.39, 0.29) is 30.1 Å². The number of amides is 5. The molecule has 5 rings (SSSR count). The Labute approximate surface area is 277 Å². The quantitative estimate of drug-likeness (QED) is 0.355. The maximum Gasteiger partial charge on any atom is 0.251 e. The molecule has 1 fully saturated rings. The number of benzene rings is 2. The first-order valence-corrected chi connectivity index (χ1v) is 16.8. The molecule has 11 nitrogen and oxygen atoms in total. The van der Waals surface area contributed by atoms with E-state index in [4.69, 9.17) is 4.74 Å². The monoisotopic (exact) mass is 647 g/mol. The summed E-state index contributed by atoms with van der Waals surface area (Å²) in [5.41, 5.74) is 2.08. The number of rotatable bonds is 6. The molecule has 0 radical (unpaired) electrons. The van der Waals surface area contributed by atoms with Crippen LogP contribution in [0.5, 0.6) is 5.75 Å². The van der Waals surface area contributed by atoms with Crippen LogP contribution in [-0.4, -0.2) is 72.8 Å². The number of nitrogens with one attached hydrogen (secondary N) is 4. The highest BCUT2D eigenvalue weighted by Gasteiger charge is 2.32. The van der Waals surface area contributed by atoms with E-state index in [2.05, 4.69) is 21.3 Å². The normalized spacial score (nSPS) is 22.9. The zero-order chi connectivity index (χ0) is 33.9. The second kappa shape index (κ2) is 16.9. The number of nitrogens with zero attached hydrogens (tertiary/aromatic N) is 1. The number of ether oxygens (including phenoxy) is 1. The van der Waals surface area contributed by atoms with Gasteiger partial charge in [-0.05, 0) is 73.9 Å². The predicted molar refractivity (Wildman–Crippen MR) is 178 cm³/mol. The molecule has 1 aliphatic carbocycles. The molecule has 0 spiro atoms. The zero-order valence-corrected chi connectivity index (χ0v) is 28.0. The van der Waals surface area contributed by atoms with Crippen molar-refractivity contribution >= 4 is 29.5 Å². The minimum atomic E-state index is -1.01. The van der Waals surface area contributed by atoms with E-state index in [1.807, 2.05) is 43.0 Å². The van der Waals surface area contributed by atoms with Crippen molar-refractivity contribution in [1.29, 1.82) is 0 Å². The Morgan fingerprint density at radius 2 is 1.60 bits per heavy atom. The largest absolute Gasteiger partial charge is 0.497 e. The second-order valence-electron chi connectivity index (χ2n) is 12.8. The lowest BCUT2D eigenvalue weighted by molar-refractivity contribution is -0.139. The summed E-state index contributed by atoms with van der Waals surface area (Å²) in [5.74, 6) is -1.15. The third-order valence-electron chi connectivity index (χ3n) is 9.28. The van der Waals surface area contributed by atoms with Crippen LogP contribution < -0.4 is 26.0 Å². The van der Waals surface area contributed by atoms with Crippen molar-refractivity contribution in [3.8, 4) is 5.75 Å². The Hall–Kier alpha value is -4.41. The van der Waals surface area contributed by atoms with E-state index < -0.39 is 35.8 Å². The SMILES string of the molecule is CC[C@H](C)C1NC(=O)c2ccc(cc2)CN(C(=O)C2CCC2)CCCCNC(=O)[C@@H](C)NC(=O)[C@H](Cc2ccc(OC)cc2)NC1=O. The molecule has 11 heteroatoms. The predicted octanol–water partition coefficient (Wildman–Crippen LogP) is 3.11. The number of methoxy groups -OCH3 is 1. The molecule has 0 aromatic heterocycles. The topological polar surface area (TPSA) is 146 Å². The van der Waals surface area contributed by atoms with Crippen LogP contribution in [0.3, 0.4) is 0 Å². The molecule has 2 aromatic carbocycles. The first-order valence-electron chi connectivity index (χ1n) is 16.8. The highest BCUT2D eigenvalue weighted by molar-refractivity contribution is 5.99. The van der Waals surface area contributed by atoms with Gasteiger partial charge in [-0.1, -0.05) is 51.0 Å². The summed E-state index contributed by atoms with van der Waals surface area (Å²) in [6, 6.07) is 11.5. The van der Waals surface area contributed by atoms with Gasteiger partial charge in [0, 0.05) is 37.5 Å². The van der Waals surface area contributed by atoms with E-state index in [0.29, 0.717) is 50.2 Å². The highest BCUT2D eigenvalue weighted by Crippen LogP contribution is 2.29. The van der Waals surface area contributed by atoms with Crippen LogP contribution in [0.25, 0.3) is 0 Å². The molecule has 1 saturated carbocycles. The lowest BCUT2D eigenvalue weighted by atomic mass is 9.84. The summed E-state index contributed by atoms with van der Waals surface area (Å²) in [4.78, 5) is 68.8. The van der Waals surface area contributed by atoms with E-state index in [1.165, 1.54) is 0 Å². The van der Waals surface area contributed by atoms with Gasteiger partial charge in [0.05, 0.1) is 7.11 Å². The molecule has 47 heavy (non-hydrogen) atoms. The first-order chi connectivity index (χ1) is 22.6. The lowest BCUT2D eigenvalue weighted by Crippen LogP contribution is -2.58. The number of carbonyl (C=O) groups is 5. The standard InChI is InChI=1S/C36H49N5O6/c1-5-23(2)31-35(45)39-30(21-25-13-17-29(47-4)18-14-25)34(44)38-24(3)32(42)37-19-6-7-20-41(36(46)28-9-8-10-28)22-26-11-15-27(16-12-26)33(43)40-31/h11-18,23-24,28,30-31H,5-10,19-22H2,1-4H3,(H,37,42)(H,38,44)(H,39,45)(H,40,43)/t23-,24+,30-,31?/m0/s1. The minimum absolute atomic E-state index is 0.0517. The van der Waals surface area contributed by atoms with Gasteiger partial charge in [0.1, 0.15) is 23.9 Å². The Balaban J connectivity index is 1.59. The average Bonchev–Trinajstić information content (AvgIpc) is 3.04. The van der Waals surface area contributed by atoms with Crippen LogP contribution in [0, 0.1) is 11.8 Å². The maximum atomic E-state index is 13.8. The van der Waals surface area contributed by atoms with Gasteiger partial charge in [-0.25, -0.2) is 0 Å². The van der Waals surface area contributed by atoms with Crippen molar-refractivity contribution in [3.05, 3.63) is 65.2 Å². The van der Waals surface area contributed by atoms with Gasteiger partial charge < -0.3 is 30.9 Å². The van der Waals surface area contributed by atoms with Crippen LogP contribution in [0.15, 0.2) is 48.5 Å². The van der Waals surface area contributed by atoms with Crippen LogP contribution in [0.4, 0.5) is 0 Å². The van der Waals surface area contributed by atoms with Crippen molar-refractivity contribution in [3.63, 3.8) is 0 Å². The van der Waals surface area contributed by atoms with Crippen molar-refractivity contribution in [2.24, 2.45) is 11.8 Å². The van der Waals surface area contributed by atoms with Gasteiger partial charge in [0.2, 0.25) is 23.6 Å². The lowest BCUT2D eigenvalue weighted by Gasteiger charge is -2.32. The summed E-state index contributed by atoms with van der Waals surface area (Å²) < 4.78 is 5.25. The average molecular weight is 648 g/mol. The molecular weight excluding hydrogens is 598 g/mol. The number of hydrogen-bond acceptors (Lipinski definition) is 6. The summed E-state index contributed by atoms with van der Waals surface area (Å²) in [6.07, 6.45) is 5.00. The molecular formula is C36H49N5O6. The molecule has 2 bridgehead atoms. The Kier molecular flexibility index (Phi) is 12.8. The Morgan fingerprint density at radius 1 is 0.894 bits per heavy atom. The molecule has 0 saturated heterocycles. The van der Waals surface area contributed by atoms with E-state index in [0.717, 1.165) is 30.4 Å². The van der Waals surface area contributed by atoms with Crippen LogP contribution in [-0.2, 0) is 32.1 Å². The van der Waals surface area contributed by atoms with E-state index in [1.54, 1.807) is 38.3 Å². The summed E-state index contributed by atoms with van der Waals surface area (Å²) in [5, 5.41) is 11.4. The van der Waals surface area contributed by atoms with Crippen molar-refractivity contribution < 1.29 is 28.7 Å². The van der Waals surface area contributed by atoms with Gasteiger partial charge in [-0.2, -0.15) is 0 Å². The maximum absolute atomic E-state index is 13.8. The molecule has 254 valence electrons. The molecule has 4 atom stereocenters. The van der Waals surface area contributed by atoms with Gasteiger partial charge in [0.25, 0.3) is 5.91 Å². The van der Waals surface area contributed by atoms with E-state index in [9.17, 15) is 24.0 Å². The highest BCUT2D eigenvalue weighted by atomic mass is 16.5. The van der Waals surface area contributed by atoms with Crippen LogP contribution >= 0.6 is 0 Å². The van der Waals surface area contributed by atoms with Crippen molar-refractivity contribution in [1.82, 2.24) is 26.2 Å². The third-order valence-corrected chi connectivity index (χ3v) is 9.28.